The summed E-state index contributed by atoms with van der Waals surface area (Å²) in [4.78, 5) is 6.62. The molecule has 3 aromatic rings. The van der Waals surface area contributed by atoms with Gasteiger partial charge in [0.05, 0.1) is 44.0 Å². The lowest BCUT2D eigenvalue weighted by atomic mass is 10.1. The molecule has 1 N–H and O–H groups in total. The monoisotopic (exact) mass is 480 g/mol. The Morgan fingerprint density at radius 2 is 1.94 bits per heavy atom. The molecule has 1 aromatic heterocycles. The Kier molecular flexibility index (Phi) is 7.37. The van der Waals surface area contributed by atoms with E-state index in [-0.39, 0.29) is 0 Å². The third-order valence-electron chi connectivity index (χ3n) is 5.95. The zero-order valence-corrected chi connectivity index (χ0v) is 21.7. The van der Waals surface area contributed by atoms with Crippen LogP contribution in [-0.2, 0) is 17.3 Å². The van der Waals surface area contributed by atoms with Crippen molar-refractivity contribution in [2.45, 2.75) is 50.5 Å². The van der Waals surface area contributed by atoms with Crippen molar-refractivity contribution in [1.29, 1.82) is 0 Å². The SMILES string of the molecule is COc1cc(C=C(C)C)sc1CNCCCN1c2ccccc2S(=O)c2ccc(C)c(C)c21. The van der Waals surface area contributed by atoms with Gasteiger partial charge in [-0.2, -0.15) is 0 Å². The summed E-state index contributed by atoms with van der Waals surface area (Å²) in [5.74, 6) is 0.951. The maximum atomic E-state index is 13.2. The van der Waals surface area contributed by atoms with E-state index in [1.807, 2.05) is 24.3 Å². The quantitative estimate of drug-likeness (QED) is 0.369. The minimum absolute atomic E-state index is 0.791. The van der Waals surface area contributed by atoms with Gasteiger partial charge in [-0.05, 0) is 82.1 Å². The summed E-state index contributed by atoms with van der Waals surface area (Å²) in [5, 5.41) is 3.59. The van der Waals surface area contributed by atoms with Crippen LogP contribution in [0.5, 0.6) is 5.75 Å². The predicted molar refractivity (Wildman–Crippen MR) is 141 cm³/mol. The van der Waals surface area contributed by atoms with Crippen molar-refractivity contribution in [2.75, 3.05) is 25.1 Å². The second kappa shape index (κ2) is 10.2. The summed E-state index contributed by atoms with van der Waals surface area (Å²) in [7, 11) is 0.590. The molecule has 1 aliphatic rings. The van der Waals surface area contributed by atoms with E-state index >= 15 is 0 Å². The Hall–Kier alpha value is -2.41. The number of methoxy groups -OCH3 is 1. The first kappa shape index (κ1) is 23.7. The number of hydrogen-bond acceptors (Lipinski definition) is 5. The Bertz CT molecular complexity index is 1210. The van der Waals surface area contributed by atoms with Crippen LogP contribution in [0.2, 0.25) is 0 Å². The van der Waals surface area contributed by atoms with Crippen LogP contribution >= 0.6 is 11.3 Å². The fourth-order valence-corrected chi connectivity index (χ4v) is 6.82. The molecule has 0 fully saturated rings. The summed E-state index contributed by atoms with van der Waals surface area (Å²) in [6, 6.07) is 14.3. The van der Waals surface area contributed by atoms with Crippen LogP contribution in [-0.4, -0.2) is 24.4 Å². The molecule has 4 rings (SSSR count). The van der Waals surface area contributed by atoms with E-state index in [1.54, 1.807) is 18.4 Å². The van der Waals surface area contributed by atoms with Crippen molar-refractivity contribution in [3.8, 4) is 5.75 Å². The normalized spacial score (nSPS) is 14.6. The number of rotatable bonds is 8. The van der Waals surface area contributed by atoms with Gasteiger partial charge >= 0.3 is 0 Å². The van der Waals surface area contributed by atoms with E-state index in [0.717, 1.165) is 53.0 Å². The minimum Gasteiger partial charge on any atom is -0.496 e. The van der Waals surface area contributed by atoms with Gasteiger partial charge in [-0.3, -0.25) is 0 Å². The molecule has 0 bridgehead atoms. The summed E-state index contributed by atoms with van der Waals surface area (Å²) < 4.78 is 18.8. The minimum atomic E-state index is -1.14. The maximum absolute atomic E-state index is 13.2. The lowest BCUT2D eigenvalue weighted by Gasteiger charge is -2.34. The Labute approximate surface area is 203 Å². The van der Waals surface area contributed by atoms with Crippen LogP contribution in [0.25, 0.3) is 6.08 Å². The van der Waals surface area contributed by atoms with Crippen molar-refractivity contribution < 1.29 is 8.95 Å². The maximum Gasteiger partial charge on any atom is 0.134 e. The van der Waals surface area contributed by atoms with Gasteiger partial charge in [-0.25, -0.2) is 4.21 Å². The number of nitrogens with one attached hydrogen (secondary N) is 1. The molecule has 6 heteroatoms. The van der Waals surface area contributed by atoms with Crippen molar-refractivity contribution in [1.82, 2.24) is 5.32 Å². The number of fused-ring (bicyclic) bond motifs is 2. The molecule has 4 nitrogen and oxygen atoms in total. The van der Waals surface area contributed by atoms with E-state index in [0.29, 0.717) is 0 Å². The fourth-order valence-electron chi connectivity index (χ4n) is 4.22. The molecule has 0 radical (unpaired) electrons. The number of thiophene rings is 1. The third kappa shape index (κ3) is 4.93. The van der Waals surface area contributed by atoms with Gasteiger partial charge in [0.25, 0.3) is 0 Å². The van der Waals surface area contributed by atoms with Crippen molar-refractivity contribution >= 4 is 39.6 Å². The Balaban J connectivity index is 1.46. The zero-order valence-electron chi connectivity index (χ0n) is 20.0. The summed E-state index contributed by atoms with van der Waals surface area (Å²) in [6.45, 7) is 11.0. The van der Waals surface area contributed by atoms with Crippen LogP contribution in [0.1, 0.15) is 41.1 Å². The number of benzene rings is 2. The summed E-state index contributed by atoms with van der Waals surface area (Å²) >= 11 is 1.78. The van der Waals surface area contributed by atoms with Crippen molar-refractivity contribution in [3.63, 3.8) is 0 Å². The molecular formula is C27H32N2O2S2. The average molecular weight is 481 g/mol. The number of ether oxygens (including phenoxy) is 1. The molecule has 33 heavy (non-hydrogen) atoms. The van der Waals surface area contributed by atoms with Gasteiger partial charge in [-0.1, -0.05) is 23.8 Å². The molecule has 2 aromatic carbocycles. The summed E-state index contributed by atoms with van der Waals surface area (Å²) in [5.41, 5.74) is 5.89. The lowest BCUT2D eigenvalue weighted by Crippen LogP contribution is -2.28. The fraction of sp³-hybridized carbons (Fsp3) is 0.333. The molecule has 0 aliphatic carbocycles. The number of allylic oxidation sites excluding steroid dienone is 1. The van der Waals surface area contributed by atoms with Gasteiger partial charge in [0, 0.05) is 18.0 Å². The lowest BCUT2D eigenvalue weighted by molar-refractivity contribution is 0.410. The van der Waals surface area contributed by atoms with E-state index in [4.69, 9.17) is 4.74 Å². The first-order valence-electron chi connectivity index (χ1n) is 11.3. The molecule has 0 saturated carbocycles. The number of anilines is 2. The van der Waals surface area contributed by atoms with E-state index in [9.17, 15) is 4.21 Å². The number of nitrogens with zero attached hydrogens (tertiary/aromatic N) is 1. The van der Waals surface area contributed by atoms with Crippen LogP contribution in [0, 0.1) is 13.8 Å². The molecule has 0 amide bonds. The molecule has 1 atom stereocenters. The smallest absolute Gasteiger partial charge is 0.134 e. The Morgan fingerprint density at radius 3 is 2.70 bits per heavy atom. The second-order valence-electron chi connectivity index (χ2n) is 8.63. The first-order valence-corrected chi connectivity index (χ1v) is 13.3. The highest BCUT2D eigenvalue weighted by atomic mass is 32.2. The summed E-state index contributed by atoms with van der Waals surface area (Å²) in [6.07, 6.45) is 3.17. The predicted octanol–water partition coefficient (Wildman–Crippen LogP) is 6.59. The molecule has 1 aliphatic heterocycles. The Morgan fingerprint density at radius 1 is 1.15 bits per heavy atom. The highest BCUT2D eigenvalue weighted by Gasteiger charge is 2.29. The molecule has 0 saturated heterocycles. The molecule has 2 heterocycles. The topological polar surface area (TPSA) is 41.6 Å². The van der Waals surface area contributed by atoms with Crippen LogP contribution in [0.15, 0.2) is 57.8 Å². The van der Waals surface area contributed by atoms with Crippen LogP contribution < -0.4 is 15.0 Å². The molecule has 0 spiro atoms. The molecular weight excluding hydrogens is 448 g/mol. The van der Waals surface area contributed by atoms with E-state index in [1.165, 1.54) is 26.5 Å². The third-order valence-corrected chi connectivity index (χ3v) is 8.49. The van der Waals surface area contributed by atoms with Gasteiger partial charge < -0.3 is 15.0 Å². The van der Waals surface area contributed by atoms with Crippen molar-refractivity contribution in [2.24, 2.45) is 0 Å². The number of aryl methyl sites for hydroxylation is 1. The van der Waals surface area contributed by atoms with Gasteiger partial charge in [0.15, 0.2) is 0 Å². The second-order valence-corrected chi connectivity index (χ2v) is 11.2. The van der Waals surface area contributed by atoms with Gasteiger partial charge in [0.2, 0.25) is 0 Å². The molecule has 174 valence electrons. The largest absolute Gasteiger partial charge is 0.496 e. The van der Waals surface area contributed by atoms with E-state index < -0.39 is 10.8 Å². The molecule has 1 unspecified atom stereocenters. The van der Waals surface area contributed by atoms with Crippen LogP contribution in [0.4, 0.5) is 11.4 Å². The zero-order chi connectivity index (χ0) is 23.5. The van der Waals surface area contributed by atoms with Gasteiger partial charge in [-0.15, -0.1) is 11.3 Å². The first-order chi connectivity index (χ1) is 15.9. The standard InChI is InChI=1S/C27H32N2O2S2/c1-18(2)15-21-16-23(31-5)24(32-21)17-28-13-8-14-29-22-9-6-7-10-25(22)33(30)26-12-11-19(3)20(4)27(26)29/h6-7,9-12,15-16,28H,8,13-14,17H2,1-5H3. The highest BCUT2D eigenvalue weighted by molar-refractivity contribution is 7.85. The van der Waals surface area contributed by atoms with Gasteiger partial charge in [0.1, 0.15) is 5.75 Å². The number of para-hydroxylation sites is 1. The average Bonchev–Trinajstić information content (AvgIpc) is 3.18. The number of hydrogen-bond donors (Lipinski definition) is 1. The highest BCUT2D eigenvalue weighted by Crippen LogP contribution is 2.44. The van der Waals surface area contributed by atoms with Crippen LogP contribution in [0.3, 0.4) is 0 Å². The van der Waals surface area contributed by atoms with E-state index in [2.05, 4.69) is 62.2 Å². The van der Waals surface area contributed by atoms with Crippen molar-refractivity contribution in [3.05, 3.63) is 68.9 Å².